The van der Waals surface area contributed by atoms with E-state index in [1.54, 1.807) is 6.07 Å². The first-order chi connectivity index (χ1) is 15.6. The maximum Gasteiger partial charge on any atom is 0.146 e. The number of aryl methyl sites for hydroxylation is 2. The molecule has 0 bridgehead atoms. The molecule has 1 heteroatoms. The molecule has 0 amide bonds. The Morgan fingerprint density at radius 2 is 1.34 bits per heavy atom. The normalized spacial score (nSPS) is 10.1. The van der Waals surface area contributed by atoms with Crippen LogP contribution in [0.1, 0.15) is 39.8 Å². The van der Waals surface area contributed by atoms with Crippen molar-refractivity contribution in [1.82, 2.24) is 0 Å². The molecule has 4 aromatic carbocycles. The Labute approximate surface area is 189 Å². The molecule has 0 unspecified atom stereocenters. The first-order valence-corrected chi connectivity index (χ1v) is 10.7. The van der Waals surface area contributed by atoms with Gasteiger partial charge >= 0.3 is 0 Å². The van der Waals surface area contributed by atoms with Crippen LogP contribution in [0, 0.1) is 36.4 Å². The lowest BCUT2D eigenvalue weighted by Crippen LogP contribution is -1.89. The number of fused-ring (bicyclic) bond motifs is 1. The monoisotopic (exact) mass is 414 g/mol. The topological polar surface area (TPSA) is 0 Å². The van der Waals surface area contributed by atoms with E-state index in [-0.39, 0.29) is 5.82 Å². The smallest absolute Gasteiger partial charge is 0.146 e. The Balaban J connectivity index is 1.52. The van der Waals surface area contributed by atoms with Crippen molar-refractivity contribution in [3.05, 3.63) is 131 Å². The maximum absolute atomic E-state index is 15.0. The van der Waals surface area contributed by atoms with Crippen molar-refractivity contribution < 1.29 is 4.39 Å². The van der Waals surface area contributed by atoms with Crippen molar-refractivity contribution in [2.45, 2.75) is 19.8 Å². The summed E-state index contributed by atoms with van der Waals surface area (Å²) in [6, 6.07) is 25.4. The zero-order valence-electron chi connectivity index (χ0n) is 18.1. The molecule has 0 heterocycles. The molecule has 0 saturated carbocycles. The minimum absolute atomic E-state index is 0.272. The van der Waals surface area contributed by atoms with Crippen LogP contribution in [0.4, 0.5) is 4.39 Å². The van der Waals surface area contributed by atoms with Crippen LogP contribution in [0.2, 0.25) is 0 Å². The van der Waals surface area contributed by atoms with Crippen LogP contribution in [0.25, 0.3) is 10.8 Å². The molecule has 154 valence electrons. The predicted octanol–water partition coefficient (Wildman–Crippen LogP) is 7.21. The molecule has 4 rings (SSSR count). The summed E-state index contributed by atoms with van der Waals surface area (Å²) in [6.45, 7) is 5.81. The van der Waals surface area contributed by atoms with Crippen LogP contribution >= 0.6 is 0 Å². The van der Waals surface area contributed by atoms with Gasteiger partial charge in [-0.15, -0.1) is 6.58 Å². The van der Waals surface area contributed by atoms with Gasteiger partial charge in [0, 0.05) is 22.1 Å². The standard InChI is InChI=1S/C31H23F/c1-3-4-5-27-17-21-30-29(22-27)20-19-28(31(30)32)18-16-26-14-12-25(13-15-26)11-10-24-8-6-23(2)7-9-24/h3,6-9,12-15,17,19-22H,1,4-5H2,2H3. The molecule has 0 aliphatic rings. The summed E-state index contributed by atoms with van der Waals surface area (Å²) < 4.78 is 15.0. The van der Waals surface area contributed by atoms with E-state index in [1.807, 2.05) is 66.7 Å². The highest BCUT2D eigenvalue weighted by Crippen LogP contribution is 2.23. The summed E-state index contributed by atoms with van der Waals surface area (Å²) in [5.41, 5.74) is 5.53. The van der Waals surface area contributed by atoms with Gasteiger partial charge in [-0.25, -0.2) is 4.39 Å². The van der Waals surface area contributed by atoms with Crippen LogP contribution < -0.4 is 0 Å². The minimum Gasteiger partial charge on any atom is -0.205 e. The zero-order valence-corrected chi connectivity index (χ0v) is 18.1. The zero-order chi connectivity index (χ0) is 22.3. The first kappa shape index (κ1) is 21.2. The minimum atomic E-state index is -0.272. The third-order valence-corrected chi connectivity index (χ3v) is 5.28. The fourth-order valence-electron chi connectivity index (χ4n) is 3.42. The predicted molar refractivity (Wildman–Crippen MR) is 132 cm³/mol. The summed E-state index contributed by atoms with van der Waals surface area (Å²) in [4.78, 5) is 0. The molecule has 0 fully saturated rings. The van der Waals surface area contributed by atoms with Crippen LogP contribution in [-0.2, 0) is 6.42 Å². The van der Waals surface area contributed by atoms with E-state index in [0.717, 1.165) is 34.9 Å². The van der Waals surface area contributed by atoms with E-state index in [2.05, 4.69) is 49.3 Å². The van der Waals surface area contributed by atoms with Gasteiger partial charge in [0.05, 0.1) is 5.56 Å². The molecule has 32 heavy (non-hydrogen) atoms. The summed E-state index contributed by atoms with van der Waals surface area (Å²) in [5, 5.41) is 1.49. The van der Waals surface area contributed by atoms with Gasteiger partial charge in [0.25, 0.3) is 0 Å². The molecule has 0 nitrogen and oxygen atoms in total. The third kappa shape index (κ3) is 5.15. The van der Waals surface area contributed by atoms with E-state index in [1.165, 1.54) is 11.1 Å². The number of halogens is 1. The SMILES string of the molecule is C=CCCc1ccc2c(F)c(C#Cc3ccc(C#Cc4ccc(C)cc4)cc3)ccc2c1. The molecular formula is C31H23F. The van der Waals surface area contributed by atoms with Crippen molar-refractivity contribution in [3.8, 4) is 23.7 Å². The Kier molecular flexibility index (Phi) is 6.50. The highest BCUT2D eigenvalue weighted by Gasteiger charge is 2.06. The van der Waals surface area contributed by atoms with Gasteiger partial charge in [0.15, 0.2) is 0 Å². The van der Waals surface area contributed by atoms with E-state index in [0.29, 0.717) is 10.9 Å². The number of hydrogen-bond donors (Lipinski definition) is 0. The second kappa shape index (κ2) is 9.82. The van der Waals surface area contributed by atoms with Crippen LogP contribution in [0.15, 0.2) is 91.5 Å². The number of hydrogen-bond acceptors (Lipinski definition) is 0. The Bertz CT molecular complexity index is 1380. The fourth-order valence-corrected chi connectivity index (χ4v) is 3.42. The van der Waals surface area contributed by atoms with E-state index < -0.39 is 0 Å². The quantitative estimate of drug-likeness (QED) is 0.245. The van der Waals surface area contributed by atoms with Crippen LogP contribution in [0.5, 0.6) is 0 Å². The molecule has 0 aromatic heterocycles. The Morgan fingerprint density at radius 3 is 1.97 bits per heavy atom. The largest absolute Gasteiger partial charge is 0.205 e. The lowest BCUT2D eigenvalue weighted by Gasteiger charge is -2.05. The molecule has 0 N–H and O–H groups in total. The van der Waals surface area contributed by atoms with Crippen molar-refractivity contribution >= 4 is 10.8 Å². The van der Waals surface area contributed by atoms with Gasteiger partial charge in [-0.05, 0) is 73.2 Å². The molecule has 0 aliphatic carbocycles. The third-order valence-electron chi connectivity index (χ3n) is 5.28. The second-order valence-electron chi connectivity index (χ2n) is 7.75. The van der Waals surface area contributed by atoms with Crippen LogP contribution in [-0.4, -0.2) is 0 Å². The van der Waals surface area contributed by atoms with Crippen molar-refractivity contribution in [1.29, 1.82) is 0 Å². The van der Waals surface area contributed by atoms with Gasteiger partial charge in [-0.1, -0.05) is 71.7 Å². The molecule has 0 aliphatic heterocycles. The van der Waals surface area contributed by atoms with Gasteiger partial charge < -0.3 is 0 Å². The Morgan fingerprint density at radius 1 is 0.750 bits per heavy atom. The van der Waals surface area contributed by atoms with E-state index in [4.69, 9.17) is 0 Å². The van der Waals surface area contributed by atoms with Gasteiger partial charge in [0.2, 0.25) is 0 Å². The van der Waals surface area contributed by atoms with Gasteiger partial charge in [-0.3, -0.25) is 0 Å². The average Bonchev–Trinajstić information content (AvgIpc) is 2.82. The molecule has 4 aromatic rings. The highest BCUT2D eigenvalue weighted by atomic mass is 19.1. The summed E-state index contributed by atoms with van der Waals surface area (Å²) in [6.07, 6.45) is 3.72. The van der Waals surface area contributed by atoms with E-state index in [9.17, 15) is 4.39 Å². The average molecular weight is 415 g/mol. The first-order valence-electron chi connectivity index (χ1n) is 10.7. The van der Waals surface area contributed by atoms with Crippen molar-refractivity contribution in [3.63, 3.8) is 0 Å². The van der Waals surface area contributed by atoms with Crippen molar-refractivity contribution in [2.24, 2.45) is 0 Å². The van der Waals surface area contributed by atoms with Crippen molar-refractivity contribution in [2.75, 3.05) is 0 Å². The number of rotatable bonds is 3. The Hall–Kier alpha value is -4.07. The molecular weight excluding hydrogens is 391 g/mol. The molecule has 0 atom stereocenters. The molecule has 0 saturated heterocycles. The van der Waals surface area contributed by atoms with Gasteiger partial charge in [-0.2, -0.15) is 0 Å². The molecule has 0 radical (unpaired) electrons. The summed E-state index contributed by atoms with van der Waals surface area (Å²) in [5.74, 6) is 12.1. The van der Waals surface area contributed by atoms with Gasteiger partial charge in [0.1, 0.15) is 5.82 Å². The summed E-state index contributed by atoms with van der Waals surface area (Å²) in [7, 11) is 0. The highest BCUT2D eigenvalue weighted by molar-refractivity contribution is 5.85. The lowest BCUT2D eigenvalue weighted by atomic mass is 10.0. The number of benzene rings is 4. The van der Waals surface area contributed by atoms with Crippen LogP contribution in [0.3, 0.4) is 0 Å². The molecule has 0 spiro atoms. The fraction of sp³-hybridized carbons (Fsp3) is 0.0968. The number of allylic oxidation sites excluding steroid dienone is 1. The maximum atomic E-state index is 15.0. The summed E-state index contributed by atoms with van der Waals surface area (Å²) >= 11 is 0. The lowest BCUT2D eigenvalue weighted by molar-refractivity contribution is 0.636. The van der Waals surface area contributed by atoms with E-state index >= 15 is 0 Å². The second-order valence-corrected chi connectivity index (χ2v) is 7.75.